The molecular formula is C15H17N3O2. The highest BCUT2D eigenvalue weighted by Gasteiger charge is 2.15. The number of methoxy groups -OCH3 is 1. The Morgan fingerprint density at radius 1 is 1.30 bits per heavy atom. The molecule has 0 aliphatic heterocycles. The van der Waals surface area contributed by atoms with Gasteiger partial charge in [-0.1, -0.05) is 6.07 Å². The molecule has 0 saturated carbocycles. The first kappa shape index (κ1) is 13.9. The van der Waals surface area contributed by atoms with Crippen molar-refractivity contribution >= 4 is 17.3 Å². The number of amides is 1. The van der Waals surface area contributed by atoms with E-state index < -0.39 is 0 Å². The molecule has 0 unspecified atom stereocenters. The van der Waals surface area contributed by atoms with Crippen molar-refractivity contribution in [2.45, 2.75) is 13.8 Å². The van der Waals surface area contributed by atoms with E-state index in [-0.39, 0.29) is 5.91 Å². The Bertz CT molecular complexity index is 654. The molecule has 1 aromatic heterocycles. The minimum atomic E-state index is -0.272. The van der Waals surface area contributed by atoms with Crippen LogP contribution in [0.4, 0.5) is 11.4 Å². The summed E-state index contributed by atoms with van der Waals surface area (Å²) in [6.45, 7) is 3.79. The molecule has 1 aromatic carbocycles. The summed E-state index contributed by atoms with van der Waals surface area (Å²) in [4.78, 5) is 16.4. The second kappa shape index (κ2) is 5.61. The molecule has 20 heavy (non-hydrogen) atoms. The predicted molar refractivity (Wildman–Crippen MR) is 79.1 cm³/mol. The van der Waals surface area contributed by atoms with E-state index in [1.165, 1.54) is 7.11 Å². The van der Waals surface area contributed by atoms with Crippen LogP contribution in [0.25, 0.3) is 0 Å². The number of aromatic nitrogens is 1. The minimum Gasteiger partial charge on any atom is -0.480 e. The van der Waals surface area contributed by atoms with Crippen LogP contribution in [0.3, 0.4) is 0 Å². The molecule has 2 rings (SSSR count). The third-order valence-corrected chi connectivity index (χ3v) is 3.16. The van der Waals surface area contributed by atoms with Crippen LogP contribution in [0.15, 0.2) is 30.5 Å². The Morgan fingerprint density at radius 2 is 2.05 bits per heavy atom. The van der Waals surface area contributed by atoms with Gasteiger partial charge in [0.15, 0.2) is 0 Å². The van der Waals surface area contributed by atoms with E-state index in [1.54, 1.807) is 18.3 Å². The smallest absolute Gasteiger partial charge is 0.261 e. The summed E-state index contributed by atoms with van der Waals surface area (Å²) in [7, 11) is 1.48. The number of nitrogens with zero attached hydrogens (tertiary/aromatic N) is 1. The van der Waals surface area contributed by atoms with Crippen LogP contribution in [-0.4, -0.2) is 18.0 Å². The second-order valence-corrected chi connectivity index (χ2v) is 4.49. The number of pyridine rings is 1. The number of benzene rings is 1. The zero-order valence-corrected chi connectivity index (χ0v) is 11.7. The van der Waals surface area contributed by atoms with Crippen LogP contribution in [0.2, 0.25) is 0 Å². The van der Waals surface area contributed by atoms with Gasteiger partial charge in [0.25, 0.3) is 5.91 Å². The number of anilines is 2. The number of rotatable bonds is 3. The fourth-order valence-corrected chi connectivity index (χ4v) is 1.96. The van der Waals surface area contributed by atoms with Gasteiger partial charge >= 0.3 is 0 Å². The molecule has 0 saturated heterocycles. The average molecular weight is 271 g/mol. The van der Waals surface area contributed by atoms with Gasteiger partial charge in [0.2, 0.25) is 5.88 Å². The first-order chi connectivity index (χ1) is 9.54. The van der Waals surface area contributed by atoms with Crippen molar-refractivity contribution in [3.63, 3.8) is 0 Å². The van der Waals surface area contributed by atoms with Crippen molar-refractivity contribution in [2.75, 3.05) is 18.2 Å². The Balaban J connectivity index is 2.35. The average Bonchev–Trinajstić information content (AvgIpc) is 2.47. The number of hydrogen-bond donors (Lipinski definition) is 2. The van der Waals surface area contributed by atoms with Crippen molar-refractivity contribution in [2.24, 2.45) is 0 Å². The zero-order valence-electron chi connectivity index (χ0n) is 11.7. The molecule has 0 fully saturated rings. The van der Waals surface area contributed by atoms with E-state index in [4.69, 9.17) is 10.5 Å². The lowest BCUT2D eigenvalue weighted by molar-refractivity contribution is 0.102. The Labute approximate surface area is 117 Å². The molecule has 104 valence electrons. The van der Waals surface area contributed by atoms with Crippen molar-refractivity contribution in [1.82, 2.24) is 4.98 Å². The van der Waals surface area contributed by atoms with Gasteiger partial charge in [-0.05, 0) is 43.2 Å². The molecule has 5 nitrogen and oxygen atoms in total. The molecule has 0 atom stereocenters. The molecule has 1 amide bonds. The van der Waals surface area contributed by atoms with Gasteiger partial charge in [-0.3, -0.25) is 4.79 Å². The highest BCUT2D eigenvalue weighted by molar-refractivity contribution is 6.06. The standard InChI is InChI=1S/C15H17N3O2/c1-9-6-7-12(16)10(2)13(9)18-14(19)11-5-4-8-17-15(11)20-3/h4-8H,16H2,1-3H3,(H,18,19). The third-order valence-electron chi connectivity index (χ3n) is 3.16. The lowest BCUT2D eigenvalue weighted by atomic mass is 10.1. The van der Waals surface area contributed by atoms with Crippen molar-refractivity contribution in [1.29, 1.82) is 0 Å². The Morgan fingerprint density at radius 3 is 2.75 bits per heavy atom. The van der Waals surface area contributed by atoms with Gasteiger partial charge in [-0.25, -0.2) is 4.98 Å². The fraction of sp³-hybridized carbons (Fsp3) is 0.200. The van der Waals surface area contributed by atoms with E-state index >= 15 is 0 Å². The molecule has 0 spiro atoms. The summed E-state index contributed by atoms with van der Waals surface area (Å²) >= 11 is 0. The zero-order chi connectivity index (χ0) is 14.7. The molecule has 0 radical (unpaired) electrons. The number of carbonyl (C=O) groups is 1. The molecule has 1 heterocycles. The van der Waals surface area contributed by atoms with E-state index in [2.05, 4.69) is 10.3 Å². The number of carbonyl (C=O) groups excluding carboxylic acids is 1. The summed E-state index contributed by atoms with van der Waals surface area (Å²) in [5, 5.41) is 2.87. The lowest BCUT2D eigenvalue weighted by Gasteiger charge is -2.14. The van der Waals surface area contributed by atoms with Gasteiger partial charge in [0, 0.05) is 17.6 Å². The van der Waals surface area contributed by atoms with E-state index in [9.17, 15) is 4.79 Å². The van der Waals surface area contributed by atoms with Crippen LogP contribution in [0.5, 0.6) is 5.88 Å². The predicted octanol–water partition coefficient (Wildman–Crippen LogP) is 2.54. The maximum atomic E-state index is 12.3. The van der Waals surface area contributed by atoms with Gasteiger partial charge < -0.3 is 15.8 Å². The second-order valence-electron chi connectivity index (χ2n) is 4.49. The summed E-state index contributed by atoms with van der Waals surface area (Å²) in [6.07, 6.45) is 1.58. The quantitative estimate of drug-likeness (QED) is 0.841. The molecular weight excluding hydrogens is 254 g/mol. The van der Waals surface area contributed by atoms with Crippen LogP contribution in [0, 0.1) is 13.8 Å². The Hall–Kier alpha value is -2.56. The number of hydrogen-bond acceptors (Lipinski definition) is 4. The summed E-state index contributed by atoms with van der Waals surface area (Å²) in [5.41, 5.74) is 9.42. The maximum absolute atomic E-state index is 12.3. The van der Waals surface area contributed by atoms with E-state index in [0.29, 0.717) is 17.1 Å². The van der Waals surface area contributed by atoms with Crippen molar-refractivity contribution in [3.05, 3.63) is 47.2 Å². The highest BCUT2D eigenvalue weighted by atomic mass is 16.5. The first-order valence-corrected chi connectivity index (χ1v) is 6.20. The van der Waals surface area contributed by atoms with Gasteiger partial charge in [0.05, 0.1) is 7.11 Å². The molecule has 5 heteroatoms. The van der Waals surface area contributed by atoms with Gasteiger partial charge in [-0.15, -0.1) is 0 Å². The van der Waals surface area contributed by atoms with Gasteiger partial charge in [-0.2, -0.15) is 0 Å². The Kier molecular flexibility index (Phi) is 3.89. The van der Waals surface area contributed by atoms with Crippen LogP contribution >= 0.6 is 0 Å². The number of nitrogens with one attached hydrogen (secondary N) is 1. The van der Waals surface area contributed by atoms with E-state index in [1.807, 2.05) is 26.0 Å². The highest BCUT2D eigenvalue weighted by Crippen LogP contribution is 2.26. The van der Waals surface area contributed by atoms with Crippen LogP contribution < -0.4 is 15.8 Å². The van der Waals surface area contributed by atoms with Crippen molar-refractivity contribution < 1.29 is 9.53 Å². The normalized spacial score (nSPS) is 10.2. The monoisotopic (exact) mass is 271 g/mol. The summed E-state index contributed by atoms with van der Waals surface area (Å²) < 4.78 is 5.09. The van der Waals surface area contributed by atoms with Crippen molar-refractivity contribution in [3.8, 4) is 5.88 Å². The SMILES string of the molecule is COc1ncccc1C(=O)Nc1c(C)ccc(N)c1C. The van der Waals surface area contributed by atoms with Crippen LogP contribution in [-0.2, 0) is 0 Å². The molecule has 0 aliphatic rings. The lowest BCUT2D eigenvalue weighted by Crippen LogP contribution is -2.15. The minimum absolute atomic E-state index is 0.272. The largest absolute Gasteiger partial charge is 0.480 e. The number of nitrogens with two attached hydrogens (primary N) is 1. The van der Waals surface area contributed by atoms with Gasteiger partial charge in [0.1, 0.15) is 5.56 Å². The summed E-state index contributed by atoms with van der Waals surface area (Å²) in [6, 6.07) is 7.05. The third kappa shape index (κ3) is 2.56. The van der Waals surface area contributed by atoms with E-state index in [0.717, 1.165) is 16.8 Å². The fourth-order valence-electron chi connectivity index (χ4n) is 1.96. The van der Waals surface area contributed by atoms with Crippen LogP contribution in [0.1, 0.15) is 21.5 Å². The number of ether oxygens (including phenoxy) is 1. The maximum Gasteiger partial charge on any atom is 0.261 e. The topological polar surface area (TPSA) is 77.2 Å². The first-order valence-electron chi connectivity index (χ1n) is 6.20. The molecule has 0 bridgehead atoms. The number of nitrogen functional groups attached to an aromatic ring is 1. The molecule has 0 aliphatic carbocycles. The number of aryl methyl sites for hydroxylation is 1. The summed E-state index contributed by atoms with van der Waals surface area (Å²) in [5.74, 6) is 0.0240. The molecule has 2 aromatic rings. The molecule has 3 N–H and O–H groups in total.